The van der Waals surface area contributed by atoms with Gasteiger partial charge >= 0.3 is 0 Å². The van der Waals surface area contributed by atoms with E-state index in [1.54, 1.807) is 0 Å². The van der Waals surface area contributed by atoms with Gasteiger partial charge in [-0.15, -0.1) is 0 Å². The van der Waals surface area contributed by atoms with E-state index in [1.165, 1.54) is 60.2 Å². The molecule has 0 amide bonds. The fourth-order valence-electron chi connectivity index (χ4n) is 5.82. The molecule has 1 atom stereocenters. The van der Waals surface area contributed by atoms with Gasteiger partial charge in [-0.3, -0.25) is 0 Å². The molecule has 5 heteroatoms. The van der Waals surface area contributed by atoms with Crippen molar-refractivity contribution in [2.75, 3.05) is 19.8 Å². The number of nitrogens with zero attached hydrogens (tertiary/aromatic N) is 1. The average molecular weight is 516 g/mol. The molecule has 2 aliphatic rings. The van der Waals surface area contributed by atoms with Crippen molar-refractivity contribution in [1.29, 1.82) is 0 Å². The number of hydrogen-bond acceptors (Lipinski definition) is 4. The molecule has 2 aromatic carbocycles. The Balaban J connectivity index is 1.50. The molecule has 202 valence electrons. The van der Waals surface area contributed by atoms with Crippen LogP contribution in [0.25, 0.3) is 17.3 Å². The quantitative estimate of drug-likeness (QED) is 0.155. The van der Waals surface area contributed by atoms with Crippen molar-refractivity contribution in [2.45, 2.75) is 71.9 Å². The first-order chi connectivity index (χ1) is 18.7. The van der Waals surface area contributed by atoms with Crippen LogP contribution in [0.3, 0.4) is 0 Å². The molecule has 1 saturated carbocycles. The van der Waals surface area contributed by atoms with Gasteiger partial charge in [-0.2, -0.15) is 0 Å². The normalized spacial score (nSPS) is 16.5. The molecule has 1 unspecified atom stereocenters. The zero-order chi connectivity index (χ0) is 26.3. The second-order valence-corrected chi connectivity index (χ2v) is 10.6. The minimum absolute atomic E-state index is 0.264. The molecule has 38 heavy (non-hydrogen) atoms. The van der Waals surface area contributed by atoms with Crippen molar-refractivity contribution in [1.82, 2.24) is 4.57 Å². The van der Waals surface area contributed by atoms with E-state index < -0.39 is 0 Å². The lowest BCUT2D eigenvalue weighted by molar-refractivity contribution is -0.295. The second kappa shape index (κ2) is 12.7. The largest absolute Gasteiger partial charge is 0.491 e. The SMILES string of the molecule is CCOOCC(C)/C=C\c1c(C2CCCCC2)c2n(c1C)CCOc1cc(OCc3ccccc3)ccc1-2. The highest BCUT2D eigenvalue weighted by atomic mass is 17.2. The highest BCUT2D eigenvalue weighted by Gasteiger charge is 2.30. The first-order valence-electron chi connectivity index (χ1n) is 14.2. The molecule has 0 radical (unpaired) electrons. The van der Waals surface area contributed by atoms with Crippen molar-refractivity contribution in [3.63, 3.8) is 0 Å². The summed E-state index contributed by atoms with van der Waals surface area (Å²) >= 11 is 0. The molecule has 1 aromatic heterocycles. The maximum absolute atomic E-state index is 6.32. The highest BCUT2D eigenvalue weighted by molar-refractivity contribution is 5.79. The predicted molar refractivity (Wildman–Crippen MR) is 152 cm³/mol. The fraction of sp³-hybridized carbons (Fsp3) is 0.455. The number of ether oxygens (including phenoxy) is 2. The lowest BCUT2D eigenvalue weighted by atomic mass is 9.81. The number of fused-ring (bicyclic) bond motifs is 3. The van der Waals surface area contributed by atoms with Gasteiger partial charge in [0, 0.05) is 23.2 Å². The van der Waals surface area contributed by atoms with Crippen LogP contribution in [-0.2, 0) is 22.9 Å². The molecule has 1 aliphatic heterocycles. The Bertz CT molecular complexity index is 1220. The molecular weight excluding hydrogens is 474 g/mol. The summed E-state index contributed by atoms with van der Waals surface area (Å²) in [6, 6.07) is 16.7. The Morgan fingerprint density at radius 2 is 1.87 bits per heavy atom. The van der Waals surface area contributed by atoms with Crippen LogP contribution in [0.15, 0.2) is 54.6 Å². The summed E-state index contributed by atoms with van der Waals surface area (Å²) in [4.78, 5) is 10.4. The Labute approximate surface area is 227 Å². The first-order valence-corrected chi connectivity index (χ1v) is 14.2. The van der Waals surface area contributed by atoms with Crippen molar-refractivity contribution in [3.8, 4) is 22.8 Å². The molecule has 0 saturated heterocycles. The van der Waals surface area contributed by atoms with Crippen molar-refractivity contribution < 1.29 is 19.2 Å². The van der Waals surface area contributed by atoms with Gasteiger partial charge in [0.15, 0.2) is 0 Å². The molecule has 0 spiro atoms. The minimum atomic E-state index is 0.264. The molecule has 3 aromatic rings. The van der Waals surface area contributed by atoms with E-state index in [2.05, 4.69) is 60.9 Å². The van der Waals surface area contributed by atoms with E-state index >= 15 is 0 Å². The van der Waals surface area contributed by atoms with Crippen LogP contribution in [0.4, 0.5) is 0 Å². The standard InChI is InChI=1S/C33H41NO4/c1-4-37-38-22-24(2)15-17-29-25(3)34-19-20-35-31-21-28(36-23-26-11-7-5-8-12-26)16-18-30(31)33(34)32(29)27-13-9-6-10-14-27/h5,7-8,11-12,15-18,21,24,27H,4,6,9-10,13-14,19-20,22-23H2,1-3H3/b17-15-. The van der Waals surface area contributed by atoms with Gasteiger partial charge in [0.25, 0.3) is 0 Å². The van der Waals surface area contributed by atoms with Crippen LogP contribution in [0.1, 0.15) is 74.3 Å². The summed E-state index contributed by atoms with van der Waals surface area (Å²) in [6.45, 7) is 9.52. The Morgan fingerprint density at radius 1 is 1.05 bits per heavy atom. The Morgan fingerprint density at radius 3 is 2.66 bits per heavy atom. The molecule has 0 bridgehead atoms. The zero-order valence-corrected chi connectivity index (χ0v) is 23.1. The van der Waals surface area contributed by atoms with E-state index in [4.69, 9.17) is 19.2 Å². The monoisotopic (exact) mass is 515 g/mol. The Kier molecular flexibility index (Phi) is 8.87. The molecule has 2 heterocycles. The zero-order valence-electron chi connectivity index (χ0n) is 23.1. The van der Waals surface area contributed by atoms with Crippen LogP contribution in [0, 0.1) is 12.8 Å². The van der Waals surface area contributed by atoms with E-state index in [0.29, 0.717) is 32.3 Å². The smallest absolute Gasteiger partial charge is 0.132 e. The van der Waals surface area contributed by atoms with Crippen molar-refractivity contribution >= 4 is 6.08 Å². The first kappa shape index (κ1) is 26.6. The van der Waals surface area contributed by atoms with Crippen LogP contribution in [0.5, 0.6) is 11.5 Å². The summed E-state index contributed by atoms with van der Waals surface area (Å²) < 4.78 is 15.0. The van der Waals surface area contributed by atoms with Gasteiger partial charge in [0.2, 0.25) is 0 Å². The lowest BCUT2D eigenvalue weighted by Crippen LogP contribution is -2.08. The molecule has 1 aliphatic carbocycles. The topological polar surface area (TPSA) is 41.9 Å². The molecule has 5 nitrogen and oxygen atoms in total. The average Bonchev–Trinajstić information content (AvgIpc) is 3.09. The van der Waals surface area contributed by atoms with Gasteiger partial charge in [-0.1, -0.05) is 68.7 Å². The highest BCUT2D eigenvalue weighted by Crippen LogP contribution is 2.47. The number of benzene rings is 2. The van der Waals surface area contributed by atoms with Crippen LogP contribution in [-0.4, -0.2) is 24.4 Å². The molecule has 0 N–H and O–H groups in total. The Hall–Kier alpha value is -3.02. The fourth-order valence-corrected chi connectivity index (χ4v) is 5.82. The van der Waals surface area contributed by atoms with Gasteiger partial charge in [0.1, 0.15) is 24.7 Å². The summed E-state index contributed by atoms with van der Waals surface area (Å²) in [7, 11) is 0. The maximum atomic E-state index is 6.32. The molecular formula is C33H41NO4. The number of hydrogen-bond donors (Lipinski definition) is 0. The van der Waals surface area contributed by atoms with E-state index in [0.717, 1.165) is 23.6 Å². The van der Waals surface area contributed by atoms with Crippen molar-refractivity contribution in [3.05, 3.63) is 77.0 Å². The van der Waals surface area contributed by atoms with E-state index in [9.17, 15) is 0 Å². The second-order valence-electron chi connectivity index (χ2n) is 10.6. The van der Waals surface area contributed by atoms with E-state index in [-0.39, 0.29) is 5.92 Å². The number of rotatable bonds is 10. The van der Waals surface area contributed by atoms with Gasteiger partial charge in [-0.05, 0) is 61.4 Å². The summed E-state index contributed by atoms with van der Waals surface area (Å²) in [5.41, 5.74) is 7.83. The van der Waals surface area contributed by atoms with Gasteiger partial charge in [0.05, 0.1) is 25.5 Å². The van der Waals surface area contributed by atoms with Gasteiger partial charge < -0.3 is 14.0 Å². The maximum Gasteiger partial charge on any atom is 0.132 e. The summed E-state index contributed by atoms with van der Waals surface area (Å²) in [6.07, 6.45) is 11.0. The third-order valence-corrected chi connectivity index (χ3v) is 7.78. The number of aromatic nitrogens is 1. The summed E-state index contributed by atoms with van der Waals surface area (Å²) in [5.74, 6) is 2.58. The summed E-state index contributed by atoms with van der Waals surface area (Å²) in [5, 5.41) is 0. The van der Waals surface area contributed by atoms with Gasteiger partial charge in [-0.25, -0.2) is 9.78 Å². The van der Waals surface area contributed by atoms with Crippen LogP contribution in [0.2, 0.25) is 0 Å². The minimum Gasteiger partial charge on any atom is -0.491 e. The third-order valence-electron chi connectivity index (χ3n) is 7.78. The molecule has 1 fully saturated rings. The van der Waals surface area contributed by atoms with Crippen molar-refractivity contribution in [2.24, 2.45) is 5.92 Å². The van der Waals surface area contributed by atoms with Crippen LogP contribution >= 0.6 is 0 Å². The molecule has 5 rings (SSSR count). The van der Waals surface area contributed by atoms with E-state index in [1.807, 2.05) is 25.1 Å². The third kappa shape index (κ3) is 6.00. The van der Waals surface area contributed by atoms with Crippen LogP contribution < -0.4 is 9.47 Å². The lowest BCUT2D eigenvalue weighted by Gasteiger charge is -2.24. The predicted octanol–water partition coefficient (Wildman–Crippen LogP) is 8.10.